The van der Waals surface area contributed by atoms with E-state index in [0.29, 0.717) is 17.6 Å². The Hall–Kier alpha value is -1.89. The Bertz CT molecular complexity index is 692. The van der Waals surface area contributed by atoms with Gasteiger partial charge in [-0.15, -0.1) is 0 Å². The minimum atomic E-state index is 0.372. The molecule has 0 radical (unpaired) electrons. The van der Waals surface area contributed by atoms with E-state index in [0.717, 1.165) is 16.3 Å². The summed E-state index contributed by atoms with van der Waals surface area (Å²) in [6.07, 6.45) is 0. The zero-order valence-electron chi connectivity index (χ0n) is 9.49. The predicted molar refractivity (Wildman–Crippen MR) is 59.2 cm³/mol. The van der Waals surface area contributed by atoms with Crippen LogP contribution in [0.5, 0.6) is 0 Å². The minimum Gasteiger partial charge on any atom is -0.248 e. The van der Waals surface area contributed by atoms with Crippen LogP contribution in [-0.4, -0.2) is 4.98 Å². The van der Waals surface area contributed by atoms with Crippen molar-refractivity contribution in [2.24, 2.45) is 0 Å². The first-order valence-corrected chi connectivity index (χ1v) is 4.52. The number of rotatable bonds is 0. The Morgan fingerprint density at radius 2 is 1.57 bits per heavy atom. The lowest BCUT2D eigenvalue weighted by Crippen LogP contribution is -1.80. The molecule has 3 aromatic rings. The van der Waals surface area contributed by atoms with Crippen LogP contribution in [0.15, 0.2) is 54.5 Å². The molecule has 3 rings (SSSR count). The Kier molecular flexibility index (Phi) is 1.16. The van der Waals surface area contributed by atoms with E-state index in [9.17, 15) is 0 Å². The van der Waals surface area contributed by atoms with Gasteiger partial charge in [-0.1, -0.05) is 36.4 Å². The quantitative estimate of drug-likeness (QED) is 0.484. The van der Waals surface area contributed by atoms with Crippen molar-refractivity contribution in [2.45, 2.75) is 0 Å². The zero-order chi connectivity index (χ0) is 11.1. The van der Waals surface area contributed by atoms with E-state index in [2.05, 4.69) is 4.98 Å². The van der Waals surface area contributed by atoms with E-state index in [1.54, 1.807) is 12.1 Å². The average Bonchev–Trinajstić information content (AvgIpc) is 2.31. The molecule has 66 valence electrons. The summed E-state index contributed by atoms with van der Waals surface area (Å²) in [7, 11) is 0. The molecular formula is C13H9N. The van der Waals surface area contributed by atoms with E-state index in [4.69, 9.17) is 2.74 Å². The number of nitrogens with zero attached hydrogens (tertiary/aromatic N) is 1. The number of para-hydroxylation sites is 2. The molecule has 0 aliphatic rings. The normalized spacial score (nSPS) is 12.9. The van der Waals surface area contributed by atoms with Crippen LogP contribution in [0, 0.1) is 0 Å². The summed E-state index contributed by atoms with van der Waals surface area (Å²) in [4.78, 5) is 4.43. The molecule has 0 fully saturated rings. The number of pyridine rings is 1. The monoisotopic (exact) mass is 181 g/mol. The van der Waals surface area contributed by atoms with Crippen LogP contribution in [-0.2, 0) is 0 Å². The highest BCUT2D eigenvalue weighted by molar-refractivity contribution is 5.92. The van der Waals surface area contributed by atoms with E-state index >= 15 is 0 Å². The molecule has 1 aromatic heterocycles. The molecule has 0 saturated carbocycles. The van der Waals surface area contributed by atoms with Crippen LogP contribution in [0.1, 0.15) is 2.74 Å². The fourth-order valence-electron chi connectivity index (χ4n) is 1.56. The van der Waals surface area contributed by atoms with Crippen molar-refractivity contribution in [2.75, 3.05) is 0 Å². The summed E-state index contributed by atoms with van der Waals surface area (Å²) in [5, 5.41) is 1.58. The van der Waals surface area contributed by atoms with Crippen LogP contribution in [0.2, 0.25) is 0 Å². The lowest BCUT2D eigenvalue weighted by molar-refractivity contribution is 1.50. The number of aromatic nitrogens is 1. The van der Waals surface area contributed by atoms with Gasteiger partial charge >= 0.3 is 0 Å². The van der Waals surface area contributed by atoms with Gasteiger partial charge in [0.15, 0.2) is 0 Å². The number of hydrogen-bond donors (Lipinski definition) is 0. The molecule has 1 nitrogen and oxygen atoms in total. The third kappa shape index (κ3) is 1.06. The molecule has 0 amide bonds. The lowest BCUT2D eigenvalue weighted by Gasteiger charge is -1.99. The third-order valence-corrected chi connectivity index (χ3v) is 2.24. The lowest BCUT2D eigenvalue weighted by atomic mass is 10.1. The highest BCUT2D eigenvalue weighted by Gasteiger charge is 1.96. The highest BCUT2D eigenvalue weighted by Crippen LogP contribution is 2.18. The van der Waals surface area contributed by atoms with E-state index < -0.39 is 0 Å². The second-order valence-electron chi connectivity index (χ2n) is 3.19. The zero-order valence-corrected chi connectivity index (χ0v) is 7.49. The van der Waals surface area contributed by atoms with Gasteiger partial charge in [0.05, 0.1) is 13.8 Å². The fraction of sp³-hybridized carbons (Fsp3) is 0. The molecule has 0 aliphatic heterocycles. The largest absolute Gasteiger partial charge is 0.248 e. The maximum absolute atomic E-state index is 8.11. The van der Waals surface area contributed by atoms with Gasteiger partial charge in [0.1, 0.15) is 0 Å². The molecule has 0 unspecified atom stereocenters. The Balaban J connectivity index is 2.61. The second-order valence-corrected chi connectivity index (χ2v) is 3.19. The van der Waals surface area contributed by atoms with Gasteiger partial charge in [-0.05, 0) is 18.2 Å². The SMILES string of the molecule is [2H]c1c2ccccc2nc2c([2H])cccc12. The van der Waals surface area contributed by atoms with Crippen molar-refractivity contribution in [1.29, 1.82) is 0 Å². The smallest absolute Gasteiger partial charge is 0.0709 e. The molecule has 1 heterocycles. The molecule has 0 atom stereocenters. The molecule has 0 N–H and O–H groups in total. The van der Waals surface area contributed by atoms with Crippen molar-refractivity contribution in [3.05, 3.63) is 54.5 Å². The van der Waals surface area contributed by atoms with Gasteiger partial charge in [0.25, 0.3) is 0 Å². The van der Waals surface area contributed by atoms with Crippen molar-refractivity contribution in [1.82, 2.24) is 4.98 Å². The molecule has 0 spiro atoms. The first-order valence-electron chi connectivity index (χ1n) is 5.52. The summed E-state index contributed by atoms with van der Waals surface area (Å²) in [6, 6.07) is 13.7. The maximum atomic E-state index is 8.11. The van der Waals surface area contributed by atoms with E-state index in [-0.39, 0.29) is 0 Å². The summed E-state index contributed by atoms with van der Waals surface area (Å²) in [6.45, 7) is 0. The van der Waals surface area contributed by atoms with Crippen molar-refractivity contribution >= 4 is 21.8 Å². The summed E-state index contributed by atoms with van der Waals surface area (Å²) in [5.74, 6) is 0. The number of benzene rings is 2. The van der Waals surface area contributed by atoms with Gasteiger partial charge < -0.3 is 0 Å². The Morgan fingerprint density at radius 1 is 0.857 bits per heavy atom. The third-order valence-electron chi connectivity index (χ3n) is 2.24. The molecule has 1 heteroatoms. The molecule has 0 bridgehead atoms. The first kappa shape index (κ1) is 5.76. The highest BCUT2D eigenvalue weighted by atomic mass is 14.7. The van der Waals surface area contributed by atoms with Crippen molar-refractivity contribution in [3.63, 3.8) is 0 Å². The summed E-state index contributed by atoms with van der Waals surface area (Å²) >= 11 is 0. The second kappa shape index (κ2) is 2.81. The van der Waals surface area contributed by atoms with E-state index in [1.165, 1.54) is 0 Å². The van der Waals surface area contributed by atoms with Gasteiger partial charge in [0, 0.05) is 10.8 Å². The average molecular weight is 181 g/mol. The Morgan fingerprint density at radius 3 is 2.50 bits per heavy atom. The van der Waals surface area contributed by atoms with Crippen LogP contribution in [0.3, 0.4) is 0 Å². The minimum absolute atomic E-state index is 0.372. The van der Waals surface area contributed by atoms with Crippen molar-refractivity contribution in [3.8, 4) is 0 Å². The van der Waals surface area contributed by atoms with E-state index in [1.807, 2.05) is 30.3 Å². The predicted octanol–water partition coefficient (Wildman–Crippen LogP) is 3.39. The summed E-state index contributed by atoms with van der Waals surface area (Å²) < 4.78 is 15.9. The molecule has 14 heavy (non-hydrogen) atoms. The first-order chi connectivity index (χ1) is 7.77. The van der Waals surface area contributed by atoms with Crippen LogP contribution >= 0.6 is 0 Å². The maximum Gasteiger partial charge on any atom is 0.0709 e. The van der Waals surface area contributed by atoms with Crippen LogP contribution in [0.4, 0.5) is 0 Å². The van der Waals surface area contributed by atoms with Gasteiger partial charge in [-0.2, -0.15) is 0 Å². The summed E-state index contributed by atoms with van der Waals surface area (Å²) in [5.41, 5.74) is 1.38. The van der Waals surface area contributed by atoms with Crippen LogP contribution in [0.25, 0.3) is 21.8 Å². The number of hydrogen-bond acceptors (Lipinski definition) is 1. The number of fused-ring (bicyclic) bond motifs is 2. The fourth-order valence-corrected chi connectivity index (χ4v) is 1.56. The van der Waals surface area contributed by atoms with Gasteiger partial charge in [0.2, 0.25) is 0 Å². The molecule has 0 aliphatic carbocycles. The van der Waals surface area contributed by atoms with Gasteiger partial charge in [-0.3, -0.25) is 0 Å². The van der Waals surface area contributed by atoms with Crippen LogP contribution < -0.4 is 0 Å². The standard InChI is InChI=1S/C13H9N/c1-3-7-12-10(5-1)9-11-6-2-4-8-13(11)14-12/h1-9H/i7D,9D. The molecule has 2 aromatic carbocycles. The topological polar surface area (TPSA) is 12.9 Å². The van der Waals surface area contributed by atoms with Gasteiger partial charge in [-0.25, -0.2) is 4.98 Å². The molecular weight excluding hydrogens is 170 g/mol. The van der Waals surface area contributed by atoms with Crippen molar-refractivity contribution < 1.29 is 2.74 Å². The Labute approximate surface area is 84.8 Å². The molecule has 0 saturated heterocycles.